The van der Waals surface area contributed by atoms with Crippen molar-refractivity contribution in [1.29, 1.82) is 0 Å². The number of phenolic OH excluding ortho intramolecular Hbond substituents is 3. The lowest BCUT2D eigenvalue weighted by Crippen LogP contribution is -2.64. The Hall–Kier alpha value is -3.06. The number of aliphatic hydroxyl groups excluding tert-OH is 3. The zero-order valence-electron chi connectivity index (χ0n) is 45.7. The predicted octanol–water partition coefficient (Wildman–Crippen LogP) is 13.6. The Labute approximate surface area is 403 Å². The van der Waals surface area contributed by atoms with E-state index in [1.807, 2.05) is 0 Å². The van der Waals surface area contributed by atoms with Gasteiger partial charge in [0.2, 0.25) is 0 Å². The summed E-state index contributed by atoms with van der Waals surface area (Å²) in [6, 6.07) is 13.3. The van der Waals surface area contributed by atoms with Crippen molar-refractivity contribution in [3.8, 4) is 17.2 Å². The van der Waals surface area contributed by atoms with Gasteiger partial charge in [0.15, 0.2) is 0 Å². The van der Waals surface area contributed by atoms with Gasteiger partial charge in [-0.05, 0) is 155 Å². The highest BCUT2D eigenvalue weighted by Crippen LogP contribution is 2.69. The van der Waals surface area contributed by atoms with Crippen molar-refractivity contribution < 1.29 is 30.6 Å². The number of hydrogen-bond acceptors (Lipinski definition) is 6. The quantitative estimate of drug-likeness (QED) is 0.108. The summed E-state index contributed by atoms with van der Waals surface area (Å²) >= 11 is 0. The van der Waals surface area contributed by atoms with Gasteiger partial charge in [-0.15, -0.1) is 0 Å². The van der Waals surface area contributed by atoms with Gasteiger partial charge in [-0.1, -0.05) is 182 Å². The van der Waals surface area contributed by atoms with Crippen molar-refractivity contribution in [1.82, 2.24) is 0 Å². The second kappa shape index (κ2) is 18.7. The topological polar surface area (TPSA) is 121 Å². The number of rotatable bonds is 12. The summed E-state index contributed by atoms with van der Waals surface area (Å²) in [4.78, 5) is 0. The number of benzene rings is 3. The van der Waals surface area contributed by atoms with Gasteiger partial charge in [-0.25, -0.2) is 0 Å². The SMILES string of the molecule is CC(C)(C)c1cc(CC2(C)C(CCO)C(C)(Cc3cc(C(C)(C)C)c(O)c(C(C)(C)C)c3)C(CCO)C(C)(Cc3cc(C(C)(C)C)c(O)c(C(C)(C)C)c3)C2CCO)cc(C(C)(C)C)c1O. The van der Waals surface area contributed by atoms with E-state index in [4.69, 9.17) is 0 Å². The van der Waals surface area contributed by atoms with Crippen LogP contribution in [0.25, 0.3) is 0 Å². The van der Waals surface area contributed by atoms with Gasteiger partial charge in [-0.2, -0.15) is 0 Å². The van der Waals surface area contributed by atoms with Crippen LogP contribution < -0.4 is 0 Å². The van der Waals surface area contributed by atoms with E-state index in [9.17, 15) is 30.6 Å². The van der Waals surface area contributed by atoms with E-state index in [0.717, 1.165) is 50.1 Å². The normalized spacial score (nSPS) is 24.8. The fraction of sp³-hybridized carbons (Fsp3) is 0.700. The van der Waals surface area contributed by atoms with Gasteiger partial charge < -0.3 is 30.6 Å². The zero-order chi connectivity index (χ0) is 50.8. The summed E-state index contributed by atoms with van der Waals surface area (Å²) in [5.41, 5.74) is 5.30. The largest absolute Gasteiger partial charge is 0.507 e. The summed E-state index contributed by atoms with van der Waals surface area (Å²) in [6.45, 7) is 46.0. The standard InChI is InChI=1S/C60H96O6/c1-52(2,3)40-28-37(29-41(49(40)64)53(4,5)6)34-58(19)46(22-25-61)59(20,35-38-30-42(54(7,8)9)50(65)43(31-38)55(10,11)12)48(24-27-63)60(21,47(58)23-26-62)36-39-32-44(56(13,14)15)51(66)45(33-39)57(16,17)18/h28-33,46-48,61-66H,22-27,34-36H2,1-21H3. The minimum atomic E-state index is -0.518. The Kier molecular flexibility index (Phi) is 15.7. The minimum Gasteiger partial charge on any atom is -0.507 e. The molecule has 3 aromatic carbocycles. The summed E-state index contributed by atoms with van der Waals surface area (Å²) in [7, 11) is 0. The molecule has 6 heteroatoms. The molecule has 0 unspecified atom stereocenters. The van der Waals surface area contributed by atoms with Crippen LogP contribution in [0.2, 0.25) is 0 Å². The summed E-state index contributed by atoms with van der Waals surface area (Å²) in [5, 5.41) is 69.9. The lowest BCUT2D eigenvalue weighted by Gasteiger charge is -2.68. The maximum Gasteiger partial charge on any atom is 0.123 e. The van der Waals surface area contributed by atoms with Crippen molar-refractivity contribution in [3.05, 3.63) is 86.5 Å². The Morgan fingerprint density at radius 1 is 0.333 bits per heavy atom. The lowest BCUT2D eigenvalue weighted by atomic mass is 9.36. The van der Waals surface area contributed by atoms with Gasteiger partial charge >= 0.3 is 0 Å². The Morgan fingerprint density at radius 2 is 0.485 bits per heavy atom. The predicted molar refractivity (Wildman–Crippen MR) is 278 cm³/mol. The first kappa shape index (κ1) is 55.5. The molecule has 0 aromatic heterocycles. The smallest absolute Gasteiger partial charge is 0.123 e. The molecule has 1 aliphatic carbocycles. The first-order chi connectivity index (χ1) is 29.7. The van der Waals surface area contributed by atoms with Gasteiger partial charge in [0, 0.05) is 19.8 Å². The van der Waals surface area contributed by atoms with Crippen molar-refractivity contribution in [2.45, 2.75) is 216 Å². The number of hydrogen-bond donors (Lipinski definition) is 6. The van der Waals surface area contributed by atoms with Crippen LogP contribution in [0.3, 0.4) is 0 Å². The molecule has 1 fully saturated rings. The first-order valence-electron chi connectivity index (χ1n) is 25.2. The molecule has 0 radical (unpaired) electrons. The molecule has 0 bridgehead atoms. The maximum absolute atomic E-state index is 11.9. The molecule has 0 spiro atoms. The van der Waals surface area contributed by atoms with Crippen LogP contribution in [0.15, 0.2) is 36.4 Å². The molecule has 0 atom stereocenters. The minimum absolute atomic E-state index is 0.0157. The Morgan fingerprint density at radius 3 is 0.606 bits per heavy atom. The van der Waals surface area contributed by atoms with Crippen molar-refractivity contribution in [2.75, 3.05) is 19.8 Å². The van der Waals surface area contributed by atoms with E-state index >= 15 is 0 Å². The van der Waals surface area contributed by atoms with Crippen LogP contribution in [0.4, 0.5) is 0 Å². The number of aliphatic hydroxyl groups is 3. The monoisotopic (exact) mass is 913 g/mol. The summed E-state index contributed by atoms with van der Waals surface area (Å²) < 4.78 is 0. The van der Waals surface area contributed by atoms with Crippen LogP contribution in [0, 0.1) is 34.0 Å². The molecule has 0 saturated heterocycles. The molecule has 4 rings (SSSR count). The first-order valence-corrected chi connectivity index (χ1v) is 25.2. The third-order valence-electron chi connectivity index (χ3n) is 16.1. The third-order valence-corrected chi connectivity index (χ3v) is 16.1. The molecule has 6 N–H and O–H groups in total. The molecule has 1 saturated carbocycles. The second-order valence-electron chi connectivity index (χ2n) is 27.9. The van der Waals surface area contributed by atoms with Crippen molar-refractivity contribution in [2.24, 2.45) is 34.0 Å². The van der Waals surface area contributed by atoms with Gasteiger partial charge in [-0.3, -0.25) is 0 Å². The molecule has 6 nitrogen and oxygen atoms in total. The molecule has 3 aromatic rings. The van der Waals surface area contributed by atoms with Gasteiger partial charge in [0.1, 0.15) is 17.2 Å². The van der Waals surface area contributed by atoms with Crippen molar-refractivity contribution >= 4 is 0 Å². The van der Waals surface area contributed by atoms with Crippen LogP contribution in [-0.4, -0.2) is 50.5 Å². The third kappa shape index (κ3) is 11.0. The van der Waals surface area contributed by atoms with E-state index < -0.39 is 16.2 Å². The highest BCUT2D eigenvalue weighted by molar-refractivity contribution is 5.53. The van der Waals surface area contributed by atoms with E-state index in [0.29, 0.717) is 55.8 Å². The van der Waals surface area contributed by atoms with Gasteiger partial charge in [0.05, 0.1) is 0 Å². The average Bonchev–Trinajstić information content (AvgIpc) is 3.13. The molecular formula is C60H96O6. The second-order valence-corrected chi connectivity index (χ2v) is 27.9. The summed E-state index contributed by atoms with van der Waals surface area (Å²) in [6.07, 6.45) is 3.54. The maximum atomic E-state index is 11.9. The molecule has 0 aliphatic heterocycles. The van der Waals surface area contributed by atoms with E-state index in [2.05, 4.69) is 182 Å². The summed E-state index contributed by atoms with van der Waals surface area (Å²) in [5.74, 6) is 0.788. The molecule has 372 valence electrons. The highest BCUT2D eigenvalue weighted by Gasteiger charge is 2.65. The average molecular weight is 913 g/mol. The van der Waals surface area contributed by atoms with E-state index in [1.54, 1.807) is 0 Å². The molecule has 0 amide bonds. The number of aromatic hydroxyl groups is 3. The molecule has 1 aliphatic rings. The van der Waals surface area contributed by atoms with Crippen LogP contribution in [0.5, 0.6) is 17.2 Å². The molecule has 66 heavy (non-hydrogen) atoms. The molecular weight excluding hydrogens is 817 g/mol. The fourth-order valence-electron chi connectivity index (χ4n) is 13.2. The lowest BCUT2D eigenvalue weighted by molar-refractivity contribution is -0.195. The van der Waals surface area contributed by atoms with Crippen molar-refractivity contribution in [3.63, 3.8) is 0 Å². The van der Waals surface area contributed by atoms with Crippen LogP contribution in [-0.2, 0) is 51.8 Å². The fourth-order valence-corrected chi connectivity index (χ4v) is 13.2. The van der Waals surface area contributed by atoms with Crippen LogP contribution in [0.1, 0.15) is 215 Å². The molecule has 0 heterocycles. The number of phenols is 3. The highest BCUT2D eigenvalue weighted by atomic mass is 16.3. The van der Waals surface area contributed by atoms with Gasteiger partial charge in [0.25, 0.3) is 0 Å². The Balaban J connectivity index is 2.26. The Bertz CT molecular complexity index is 1800. The van der Waals surface area contributed by atoms with E-state index in [1.165, 1.54) is 0 Å². The van der Waals surface area contributed by atoms with E-state index in [-0.39, 0.29) is 70.1 Å². The van der Waals surface area contributed by atoms with Crippen LogP contribution >= 0.6 is 0 Å². The zero-order valence-corrected chi connectivity index (χ0v) is 45.7.